The Kier molecular flexibility index (Phi) is 7.11. The first-order chi connectivity index (χ1) is 13.5. The number of urea groups is 1. The van der Waals surface area contributed by atoms with Crippen molar-refractivity contribution in [2.75, 3.05) is 5.32 Å². The minimum Gasteiger partial charge on any atom is -0.449 e. The highest BCUT2D eigenvalue weighted by molar-refractivity contribution is 7.12. The number of thiophene rings is 1. The molecule has 0 fully saturated rings. The molecule has 1 heterocycles. The average molecular weight is 417 g/mol. The van der Waals surface area contributed by atoms with E-state index < -0.39 is 29.6 Å². The molecule has 0 aliphatic rings. The fraction of sp³-hybridized carbons (Fsp3) is 0.300. The van der Waals surface area contributed by atoms with Gasteiger partial charge in [0, 0.05) is 11.2 Å². The third-order valence-electron chi connectivity index (χ3n) is 3.50. The molecule has 0 radical (unpaired) electrons. The normalized spacial score (nSPS) is 11.9. The first kappa shape index (κ1) is 22.1. The van der Waals surface area contributed by atoms with Gasteiger partial charge in [-0.3, -0.25) is 14.9 Å². The number of nitrogens with one attached hydrogen (secondary N) is 3. The number of hydrogen-bond acceptors (Lipinski definition) is 6. The molecule has 2 aromatic rings. The van der Waals surface area contributed by atoms with Crippen molar-refractivity contribution in [1.82, 2.24) is 10.6 Å². The predicted molar refractivity (Wildman–Crippen MR) is 110 cm³/mol. The number of hydrogen-bond donors (Lipinski definition) is 3. The van der Waals surface area contributed by atoms with Crippen molar-refractivity contribution in [2.24, 2.45) is 0 Å². The molecule has 0 aliphatic heterocycles. The molecule has 0 unspecified atom stereocenters. The molecule has 4 amide bonds. The van der Waals surface area contributed by atoms with Crippen molar-refractivity contribution in [3.63, 3.8) is 0 Å². The molecule has 154 valence electrons. The van der Waals surface area contributed by atoms with Gasteiger partial charge in [-0.2, -0.15) is 0 Å². The van der Waals surface area contributed by atoms with Crippen LogP contribution in [0.3, 0.4) is 0 Å². The Labute approximate surface area is 172 Å². The summed E-state index contributed by atoms with van der Waals surface area (Å²) in [5.41, 5.74) is 0.216. The summed E-state index contributed by atoms with van der Waals surface area (Å²) in [6.07, 6.45) is -1.16. The highest BCUT2D eigenvalue weighted by Crippen LogP contribution is 2.15. The van der Waals surface area contributed by atoms with Crippen molar-refractivity contribution in [3.05, 3.63) is 52.2 Å². The van der Waals surface area contributed by atoms with Crippen LogP contribution in [-0.2, 0) is 9.53 Å². The molecule has 3 N–H and O–H groups in total. The maximum atomic E-state index is 12.2. The third kappa shape index (κ3) is 7.04. The fourth-order valence-electron chi connectivity index (χ4n) is 2.16. The van der Waals surface area contributed by atoms with E-state index in [9.17, 15) is 19.2 Å². The van der Waals surface area contributed by atoms with Crippen LogP contribution < -0.4 is 16.0 Å². The van der Waals surface area contributed by atoms with Crippen LogP contribution >= 0.6 is 11.3 Å². The van der Waals surface area contributed by atoms with Crippen LogP contribution in [-0.4, -0.2) is 35.5 Å². The van der Waals surface area contributed by atoms with Crippen molar-refractivity contribution >= 4 is 40.8 Å². The van der Waals surface area contributed by atoms with E-state index in [1.807, 2.05) is 0 Å². The quantitative estimate of drug-likeness (QED) is 0.647. The van der Waals surface area contributed by atoms with E-state index in [0.717, 1.165) is 0 Å². The molecular formula is C20H23N3O5S. The van der Waals surface area contributed by atoms with Crippen molar-refractivity contribution < 1.29 is 23.9 Å². The lowest BCUT2D eigenvalue weighted by atomic mass is 10.1. The number of imide groups is 1. The maximum Gasteiger partial charge on any atom is 0.338 e. The topological polar surface area (TPSA) is 114 Å². The molecule has 0 bridgehead atoms. The van der Waals surface area contributed by atoms with Crippen LogP contribution in [0.25, 0.3) is 0 Å². The van der Waals surface area contributed by atoms with E-state index in [-0.39, 0.29) is 11.5 Å². The second-order valence-corrected chi connectivity index (χ2v) is 8.20. The van der Waals surface area contributed by atoms with Gasteiger partial charge in [0.15, 0.2) is 6.10 Å². The maximum absolute atomic E-state index is 12.2. The standard InChI is InChI=1S/C20H23N3O5S/c1-12(16(24)22-19(27)23-20(2,3)4)28-18(26)13-7-9-14(10-8-13)21-17(25)15-6-5-11-29-15/h5-12H,1-4H3,(H,21,25)(H2,22,23,24,27)/t12-/m0/s1. The summed E-state index contributed by atoms with van der Waals surface area (Å²) < 4.78 is 5.09. The number of carbonyl (C=O) groups excluding carboxylic acids is 4. The van der Waals surface area contributed by atoms with Gasteiger partial charge >= 0.3 is 12.0 Å². The number of benzene rings is 1. The molecule has 0 saturated carbocycles. The summed E-state index contributed by atoms with van der Waals surface area (Å²) in [7, 11) is 0. The van der Waals surface area contributed by atoms with Crippen LogP contribution in [0, 0.1) is 0 Å². The molecule has 0 aliphatic carbocycles. The minimum atomic E-state index is -1.16. The first-order valence-electron chi connectivity index (χ1n) is 8.84. The van der Waals surface area contributed by atoms with Crippen LogP contribution in [0.1, 0.15) is 47.7 Å². The monoisotopic (exact) mass is 417 g/mol. The first-order valence-corrected chi connectivity index (χ1v) is 9.72. The van der Waals surface area contributed by atoms with Gasteiger partial charge in [0.2, 0.25) is 0 Å². The smallest absolute Gasteiger partial charge is 0.338 e. The number of ether oxygens (including phenoxy) is 1. The summed E-state index contributed by atoms with van der Waals surface area (Å²) in [4.78, 5) is 48.5. The van der Waals surface area contributed by atoms with Gasteiger partial charge < -0.3 is 15.4 Å². The molecule has 0 saturated heterocycles. The fourth-order valence-corrected chi connectivity index (χ4v) is 2.78. The molecule has 0 spiro atoms. The average Bonchev–Trinajstić information content (AvgIpc) is 3.15. The molecule has 1 atom stereocenters. The summed E-state index contributed by atoms with van der Waals surface area (Å²) >= 11 is 1.32. The molecular weight excluding hydrogens is 394 g/mol. The van der Waals surface area contributed by atoms with E-state index >= 15 is 0 Å². The second kappa shape index (κ2) is 9.33. The second-order valence-electron chi connectivity index (χ2n) is 7.25. The molecule has 2 rings (SSSR count). The zero-order valence-electron chi connectivity index (χ0n) is 16.6. The van der Waals surface area contributed by atoms with E-state index in [1.165, 1.54) is 30.4 Å². The van der Waals surface area contributed by atoms with E-state index in [4.69, 9.17) is 4.74 Å². The van der Waals surface area contributed by atoms with E-state index in [1.54, 1.807) is 50.4 Å². The van der Waals surface area contributed by atoms with Gasteiger partial charge in [0.1, 0.15) is 0 Å². The highest BCUT2D eigenvalue weighted by Gasteiger charge is 2.22. The SMILES string of the molecule is C[C@H](OC(=O)c1ccc(NC(=O)c2cccs2)cc1)C(=O)NC(=O)NC(C)(C)C. The minimum absolute atomic E-state index is 0.206. The number of rotatable bonds is 5. The van der Waals surface area contributed by atoms with Gasteiger partial charge in [-0.05, 0) is 63.4 Å². The Balaban J connectivity index is 1.89. The van der Waals surface area contributed by atoms with Crippen LogP contribution in [0.15, 0.2) is 41.8 Å². The molecule has 1 aromatic heterocycles. The van der Waals surface area contributed by atoms with Gasteiger partial charge in [-0.15, -0.1) is 11.3 Å². The molecule has 9 heteroatoms. The lowest BCUT2D eigenvalue weighted by molar-refractivity contribution is -0.127. The lowest BCUT2D eigenvalue weighted by Crippen LogP contribution is -2.50. The zero-order valence-corrected chi connectivity index (χ0v) is 17.4. The van der Waals surface area contributed by atoms with Crippen molar-refractivity contribution in [3.8, 4) is 0 Å². The Hall–Kier alpha value is -3.20. The Morgan fingerprint density at radius 1 is 1.03 bits per heavy atom. The molecule has 8 nitrogen and oxygen atoms in total. The summed E-state index contributed by atoms with van der Waals surface area (Å²) in [6.45, 7) is 6.68. The predicted octanol–water partition coefficient (Wildman–Crippen LogP) is 3.17. The van der Waals surface area contributed by atoms with Gasteiger partial charge in [0.05, 0.1) is 10.4 Å². The number of esters is 1. The van der Waals surface area contributed by atoms with Crippen LogP contribution in [0.4, 0.5) is 10.5 Å². The summed E-state index contributed by atoms with van der Waals surface area (Å²) in [6, 6.07) is 8.89. The van der Waals surface area contributed by atoms with Gasteiger partial charge in [0.25, 0.3) is 11.8 Å². The Morgan fingerprint density at radius 3 is 2.24 bits per heavy atom. The number of anilines is 1. The number of amides is 4. The number of carbonyl (C=O) groups is 4. The third-order valence-corrected chi connectivity index (χ3v) is 4.37. The van der Waals surface area contributed by atoms with E-state index in [2.05, 4.69) is 16.0 Å². The van der Waals surface area contributed by atoms with E-state index in [0.29, 0.717) is 10.6 Å². The Bertz CT molecular complexity index is 886. The van der Waals surface area contributed by atoms with Crippen molar-refractivity contribution in [2.45, 2.75) is 39.3 Å². The molecule has 1 aromatic carbocycles. The van der Waals surface area contributed by atoms with Gasteiger partial charge in [-0.1, -0.05) is 6.07 Å². The molecule has 29 heavy (non-hydrogen) atoms. The highest BCUT2D eigenvalue weighted by atomic mass is 32.1. The Morgan fingerprint density at radius 2 is 1.69 bits per heavy atom. The largest absolute Gasteiger partial charge is 0.449 e. The summed E-state index contributed by atoms with van der Waals surface area (Å²) in [5, 5.41) is 9.23. The van der Waals surface area contributed by atoms with Gasteiger partial charge in [-0.25, -0.2) is 9.59 Å². The zero-order chi connectivity index (χ0) is 21.6. The van der Waals surface area contributed by atoms with Crippen LogP contribution in [0.5, 0.6) is 0 Å². The summed E-state index contributed by atoms with van der Waals surface area (Å²) in [5.74, 6) is -1.70. The van der Waals surface area contributed by atoms with Crippen molar-refractivity contribution in [1.29, 1.82) is 0 Å². The van der Waals surface area contributed by atoms with Crippen LogP contribution in [0.2, 0.25) is 0 Å². The lowest BCUT2D eigenvalue weighted by Gasteiger charge is -2.21.